The van der Waals surface area contributed by atoms with Crippen LogP contribution in [-0.4, -0.2) is 66.9 Å². The van der Waals surface area contributed by atoms with E-state index in [1.54, 1.807) is 11.1 Å². The maximum atomic E-state index is 13.1. The van der Waals surface area contributed by atoms with Crippen molar-refractivity contribution in [3.63, 3.8) is 0 Å². The van der Waals surface area contributed by atoms with Gasteiger partial charge in [-0.2, -0.15) is 0 Å². The summed E-state index contributed by atoms with van der Waals surface area (Å²) in [6.07, 6.45) is 2.08. The first-order valence-corrected chi connectivity index (χ1v) is 10.8. The van der Waals surface area contributed by atoms with Crippen LogP contribution in [-0.2, 0) is 14.4 Å². The highest BCUT2D eigenvalue weighted by Crippen LogP contribution is 2.25. The first-order chi connectivity index (χ1) is 15.5. The largest absolute Gasteiger partial charge is 0.355 e. The molecule has 1 aromatic heterocycles. The Morgan fingerprint density at radius 3 is 2.50 bits per heavy atom. The Bertz CT molecular complexity index is 961. The Hall–Kier alpha value is -3.49. The Balaban J connectivity index is 1.19. The molecule has 9 heteroatoms. The van der Waals surface area contributed by atoms with Gasteiger partial charge in [-0.1, -0.05) is 6.07 Å². The van der Waals surface area contributed by atoms with Crippen LogP contribution in [0, 0.1) is 11.7 Å². The lowest BCUT2D eigenvalue weighted by atomic mass is 10.1. The number of rotatable bonds is 6. The maximum absolute atomic E-state index is 13.1. The lowest BCUT2D eigenvalue weighted by molar-refractivity contribution is -0.131. The molecule has 168 valence electrons. The molecule has 2 aliphatic rings. The summed E-state index contributed by atoms with van der Waals surface area (Å²) in [5.41, 5.74) is 0.576. The van der Waals surface area contributed by atoms with Crippen molar-refractivity contribution in [1.29, 1.82) is 0 Å². The fourth-order valence-corrected chi connectivity index (χ4v) is 4.07. The molecule has 1 unspecified atom stereocenters. The van der Waals surface area contributed by atoms with Crippen LogP contribution in [0.15, 0.2) is 48.7 Å². The van der Waals surface area contributed by atoms with Gasteiger partial charge in [0.05, 0.1) is 5.92 Å². The predicted molar refractivity (Wildman–Crippen MR) is 118 cm³/mol. The van der Waals surface area contributed by atoms with E-state index in [9.17, 15) is 18.8 Å². The second-order valence-electron chi connectivity index (χ2n) is 7.98. The molecular formula is C23H26FN5O3. The van der Waals surface area contributed by atoms with Gasteiger partial charge in [0.15, 0.2) is 0 Å². The number of nitrogens with one attached hydrogen (secondary N) is 1. The number of amides is 3. The van der Waals surface area contributed by atoms with E-state index in [0.29, 0.717) is 18.8 Å². The fraction of sp³-hybridized carbons (Fsp3) is 0.391. The third-order valence-electron chi connectivity index (χ3n) is 5.88. The van der Waals surface area contributed by atoms with E-state index >= 15 is 0 Å². The highest BCUT2D eigenvalue weighted by Gasteiger charge is 2.35. The number of halogens is 1. The van der Waals surface area contributed by atoms with Crippen molar-refractivity contribution in [2.45, 2.75) is 12.8 Å². The van der Waals surface area contributed by atoms with E-state index in [-0.39, 0.29) is 49.5 Å². The molecule has 3 heterocycles. The van der Waals surface area contributed by atoms with Gasteiger partial charge >= 0.3 is 0 Å². The number of nitrogens with zero attached hydrogens (tertiary/aromatic N) is 4. The van der Waals surface area contributed by atoms with Crippen molar-refractivity contribution in [3.8, 4) is 0 Å². The molecule has 3 amide bonds. The lowest BCUT2D eigenvalue weighted by Gasteiger charge is -2.35. The summed E-state index contributed by atoms with van der Waals surface area (Å²) in [6.45, 7) is 3.16. The highest BCUT2D eigenvalue weighted by atomic mass is 19.1. The Kier molecular flexibility index (Phi) is 6.63. The van der Waals surface area contributed by atoms with Crippen LogP contribution in [0.5, 0.6) is 0 Å². The molecule has 8 nitrogen and oxygen atoms in total. The summed E-state index contributed by atoms with van der Waals surface area (Å²) >= 11 is 0. The molecule has 0 radical (unpaired) electrons. The Morgan fingerprint density at radius 1 is 1.06 bits per heavy atom. The Morgan fingerprint density at radius 2 is 1.81 bits per heavy atom. The first-order valence-electron chi connectivity index (χ1n) is 10.8. The van der Waals surface area contributed by atoms with E-state index in [1.165, 1.54) is 29.2 Å². The minimum absolute atomic E-state index is 0.00130. The van der Waals surface area contributed by atoms with Crippen molar-refractivity contribution in [2.75, 3.05) is 49.1 Å². The van der Waals surface area contributed by atoms with Gasteiger partial charge in [-0.05, 0) is 36.4 Å². The summed E-state index contributed by atoms with van der Waals surface area (Å²) < 4.78 is 13.1. The van der Waals surface area contributed by atoms with E-state index in [0.717, 1.165) is 18.9 Å². The molecular weight excluding hydrogens is 413 g/mol. The summed E-state index contributed by atoms with van der Waals surface area (Å²) in [5.74, 6) is -0.356. The normalized spacial score (nSPS) is 18.7. The average Bonchev–Trinajstić information content (AvgIpc) is 3.22. The van der Waals surface area contributed by atoms with Crippen LogP contribution < -0.4 is 15.1 Å². The summed E-state index contributed by atoms with van der Waals surface area (Å²) in [7, 11) is 0. The monoisotopic (exact) mass is 439 g/mol. The van der Waals surface area contributed by atoms with Crippen molar-refractivity contribution >= 4 is 29.2 Å². The van der Waals surface area contributed by atoms with Crippen LogP contribution in [0.2, 0.25) is 0 Å². The number of carbonyl (C=O) groups is 3. The number of pyridine rings is 1. The van der Waals surface area contributed by atoms with E-state index in [1.807, 2.05) is 18.2 Å². The Labute approximate surface area is 186 Å². The fourth-order valence-electron chi connectivity index (χ4n) is 4.07. The number of aromatic nitrogens is 1. The molecule has 1 N–H and O–H groups in total. The van der Waals surface area contributed by atoms with Gasteiger partial charge in [-0.15, -0.1) is 0 Å². The van der Waals surface area contributed by atoms with Crippen LogP contribution in [0.25, 0.3) is 0 Å². The van der Waals surface area contributed by atoms with Gasteiger partial charge in [-0.3, -0.25) is 14.4 Å². The number of anilines is 2. The molecule has 1 aromatic carbocycles. The topological polar surface area (TPSA) is 85.9 Å². The number of hydrogen-bond acceptors (Lipinski definition) is 5. The second-order valence-corrected chi connectivity index (χ2v) is 7.98. The number of benzene rings is 1. The molecule has 1 atom stereocenters. The van der Waals surface area contributed by atoms with Crippen molar-refractivity contribution in [1.82, 2.24) is 15.2 Å². The zero-order valence-corrected chi connectivity index (χ0v) is 17.7. The third kappa shape index (κ3) is 5.04. The van der Waals surface area contributed by atoms with Gasteiger partial charge < -0.3 is 20.0 Å². The van der Waals surface area contributed by atoms with E-state index < -0.39 is 5.92 Å². The molecule has 32 heavy (non-hydrogen) atoms. The molecule has 2 saturated heterocycles. The summed E-state index contributed by atoms with van der Waals surface area (Å²) in [4.78, 5) is 47.1. The van der Waals surface area contributed by atoms with Gasteiger partial charge in [-0.25, -0.2) is 9.37 Å². The SMILES string of the molecule is O=C(NCCC(=O)N1CCN(c2ccccn2)CC1)C1CC(=O)N(c2ccc(F)cc2)C1. The maximum Gasteiger partial charge on any atom is 0.227 e. The minimum atomic E-state index is -0.482. The highest BCUT2D eigenvalue weighted by molar-refractivity contribution is 6.00. The van der Waals surface area contributed by atoms with Crippen LogP contribution >= 0.6 is 0 Å². The van der Waals surface area contributed by atoms with Crippen molar-refractivity contribution in [3.05, 3.63) is 54.5 Å². The predicted octanol–water partition coefficient (Wildman–Crippen LogP) is 1.43. The first kappa shape index (κ1) is 21.7. The van der Waals surface area contributed by atoms with E-state index in [2.05, 4.69) is 15.2 Å². The molecule has 0 aliphatic carbocycles. The number of hydrogen-bond donors (Lipinski definition) is 1. The quantitative estimate of drug-likeness (QED) is 0.736. The van der Waals surface area contributed by atoms with Gasteiger partial charge in [0.1, 0.15) is 11.6 Å². The molecule has 2 aliphatic heterocycles. The van der Waals surface area contributed by atoms with Crippen LogP contribution in [0.1, 0.15) is 12.8 Å². The molecule has 0 bridgehead atoms. The standard InChI is InChI=1S/C23H26FN5O3/c24-18-4-6-19(7-5-18)29-16-17(15-22(29)31)23(32)26-10-8-21(30)28-13-11-27(12-14-28)20-3-1-2-9-25-20/h1-7,9,17H,8,10-16H2,(H,26,32). The zero-order chi connectivity index (χ0) is 22.5. The van der Waals surface area contributed by atoms with Gasteiger partial charge in [0, 0.05) is 64.0 Å². The summed E-state index contributed by atoms with van der Waals surface area (Å²) in [6, 6.07) is 11.4. The molecule has 4 rings (SSSR count). The average molecular weight is 439 g/mol. The van der Waals surface area contributed by atoms with Gasteiger partial charge in [0.25, 0.3) is 0 Å². The van der Waals surface area contributed by atoms with E-state index in [4.69, 9.17) is 0 Å². The summed E-state index contributed by atoms with van der Waals surface area (Å²) in [5, 5.41) is 2.79. The van der Waals surface area contributed by atoms with Crippen LogP contribution in [0.4, 0.5) is 15.9 Å². The smallest absolute Gasteiger partial charge is 0.227 e. The number of carbonyl (C=O) groups excluding carboxylic acids is 3. The zero-order valence-electron chi connectivity index (χ0n) is 17.7. The lowest BCUT2D eigenvalue weighted by Crippen LogP contribution is -2.49. The van der Waals surface area contributed by atoms with Crippen molar-refractivity contribution in [2.24, 2.45) is 5.92 Å². The second kappa shape index (κ2) is 9.76. The van der Waals surface area contributed by atoms with Crippen LogP contribution in [0.3, 0.4) is 0 Å². The van der Waals surface area contributed by atoms with Crippen molar-refractivity contribution < 1.29 is 18.8 Å². The molecule has 2 aromatic rings. The number of piperazine rings is 1. The molecule has 0 saturated carbocycles. The van der Waals surface area contributed by atoms with Gasteiger partial charge in [0.2, 0.25) is 17.7 Å². The minimum Gasteiger partial charge on any atom is -0.355 e. The molecule has 0 spiro atoms. The molecule has 2 fully saturated rings. The third-order valence-corrected chi connectivity index (χ3v) is 5.88.